The van der Waals surface area contributed by atoms with Crippen LogP contribution in [0, 0.1) is 11.3 Å². The number of nitriles is 1. The Hall–Kier alpha value is -2.68. The summed E-state index contributed by atoms with van der Waals surface area (Å²) in [5.41, 5.74) is 1.63. The van der Waals surface area contributed by atoms with Crippen LogP contribution in [0.2, 0.25) is 0 Å². The van der Waals surface area contributed by atoms with Crippen molar-refractivity contribution < 1.29 is 9.53 Å². The Kier molecular flexibility index (Phi) is 3.34. The molecule has 0 aliphatic carbocycles. The molecular weight excluding hydrogens is 232 g/mol. The van der Waals surface area contributed by atoms with Gasteiger partial charge in [-0.2, -0.15) is 15.6 Å². The Morgan fingerprint density at radius 3 is 3.06 bits per heavy atom. The number of aromatic nitrogens is 3. The number of hydrogen-bond acceptors (Lipinski definition) is 5. The Labute approximate surface area is 103 Å². The van der Waals surface area contributed by atoms with Crippen LogP contribution in [0.3, 0.4) is 0 Å². The Morgan fingerprint density at radius 1 is 1.50 bits per heavy atom. The van der Waals surface area contributed by atoms with Gasteiger partial charge in [-0.1, -0.05) is 12.1 Å². The van der Waals surface area contributed by atoms with Crippen LogP contribution in [-0.4, -0.2) is 28.0 Å². The van der Waals surface area contributed by atoms with Crippen molar-refractivity contribution in [2.45, 2.75) is 6.92 Å². The number of aromatic amines is 1. The van der Waals surface area contributed by atoms with Crippen molar-refractivity contribution in [3.05, 3.63) is 35.5 Å². The van der Waals surface area contributed by atoms with E-state index in [-0.39, 0.29) is 12.3 Å². The average Bonchev–Trinajstić information content (AvgIpc) is 2.88. The van der Waals surface area contributed by atoms with Crippen molar-refractivity contribution in [1.29, 1.82) is 5.26 Å². The third-order valence-corrected chi connectivity index (χ3v) is 2.28. The number of carbonyl (C=O) groups is 1. The molecule has 0 spiro atoms. The highest BCUT2D eigenvalue weighted by Crippen LogP contribution is 2.21. The Morgan fingerprint density at radius 2 is 2.33 bits per heavy atom. The van der Waals surface area contributed by atoms with E-state index in [0.717, 1.165) is 0 Å². The van der Waals surface area contributed by atoms with Gasteiger partial charge in [-0.15, -0.1) is 5.10 Å². The Balaban J connectivity index is 2.42. The summed E-state index contributed by atoms with van der Waals surface area (Å²) in [4.78, 5) is 11.6. The fraction of sp³-hybridized carbons (Fsp3) is 0.167. The van der Waals surface area contributed by atoms with E-state index in [2.05, 4.69) is 15.4 Å². The summed E-state index contributed by atoms with van der Waals surface area (Å²) < 4.78 is 4.88. The largest absolute Gasteiger partial charge is 0.461 e. The molecule has 2 rings (SSSR count). The monoisotopic (exact) mass is 242 g/mol. The van der Waals surface area contributed by atoms with Crippen LogP contribution < -0.4 is 0 Å². The predicted molar refractivity (Wildman–Crippen MR) is 62.5 cm³/mol. The summed E-state index contributed by atoms with van der Waals surface area (Å²) in [6.45, 7) is 1.98. The number of H-pyrrole nitrogens is 1. The van der Waals surface area contributed by atoms with Gasteiger partial charge in [0.2, 0.25) is 0 Å². The lowest BCUT2D eigenvalue weighted by molar-refractivity contribution is 0.0520. The van der Waals surface area contributed by atoms with E-state index in [0.29, 0.717) is 16.8 Å². The molecule has 1 aromatic heterocycles. The van der Waals surface area contributed by atoms with Crippen molar-refractivity contribution >= 4 is 5.97 Å². The molecular formula is C12H10N4O2. The second kappa shape index (κ2) is 5.10. The van der Waals surface area contributed by atoms with E-state index in [4.69, 9.17) is 10.00 Å². The van der Waals surface area contributed by atoms with Crippen molar-refractivity contribution in [2.24, 2.45) is 0 Å². The molecule has 0 unspecified atom stereocenters. The van der Waals surface area contributed by atoms with Gasteiger partial charge in [-0.25, -0.2) is 4.79 Å². The molecule has 0 amide bonds. The van der Waals surface area contributed by atoms with Gasteiger partial charge < -0.3 is 4.74 Å². The molecule has 0 bridgehead atoms. The van der Waals surface area contributed by atoms with Crippen molar-refractivity contribution in [1.82, 2.24) is 15.4 Å². The van der Waals surface area contributed by atoms with Crippen LogP contribution in [0.15, 0.2) is 24.3 Å². The fourth-order valence-electron chi connectivity index (χ4n) is 1.51. The molecule has 1 N–H and O–H groups in total. The van der Waals surface area contributed by atoms with E-state index in [1.807, 2.05) is 6.07 Å². The third-order valence-electron chi connectivity index (χ3n) is 2.28. The molecule has 0 fully saturated rings. The molecule has 0 atom stereocenters. The third kappa shape index (κ3) is 2.20. The molecule has 0 aliphatic heterocycles. The lowest BCUT2D eigenvalue weighted by Gasteiger charge is -2.01. The molecule has 1 heterocycles. The first-order chi connectivity index (χ1) is 8.76. The predicted octanol–water partition coefficient (Wildman–Crippen LogP) is 1.52. The number of hydrogen-bond donors (Lipinski definition) is 1. The number of nitrogens with one attached hydrogen (secondary N) is 1. The van der Waals surface area contributed by atoms with Gasteiger partial charge in [-0.3, -0.25) is 0 Å². The molecule has 0 aliphatic rings. The zero-order chi connectivity index (χ0) is 13.0. The summed E-state index contributed by atoms with van der Waals surface area (Å²) >= 11 is 0. The van der Waals surface area contributed by atoms with E-state index in [1.54, 1.807) is 31.2 Å². The summed E-state index contributed by atoms with van der Waals surface area (Å²) in [5, 5.41) is 18.9. The first-order valence-corrected chi connectivity index (χ1v) is 5.34. The lowest BCUT2D eigenvalue weighted by Crippen LogP contribution is -2.06. The highest BCUT2D eigenvalue weighted by atomic mass is 16.5. The minimum absolute atomic E-state index is 0.118. The van der Waals surface area contributed by atoms with Gasteiger partial charge in [-0.05, 0) is 19.1 Å². The smallest absolute Gasteiger partial charge is 0.361 e. The molecule has 6 heteroatoms. The van der Waals surface area contributed by atoms with Crippen LogP contribution in [0.1, 0.15) is 23.0 Å². The van der Waals surface area contributed by atoms with Crippen LogP contribution in [0.5, 0.6) is 0 Å². The number of rotatable bonds is 3. The molecule has 2 aromatic rings. The number of ether oxygens (including phenoxy) is 1. The van der Waals surface area contributed by atoms with Gasteiger partial charge in [0.15, 0.2) is 5.69 Å². The second-order valence-electron chi connectivity index (χ2n) is 3.43. The number of esters is 1. The van der Waals surface area contributed by atoms with Crippen molar-refractivity contribution in [3.63, 3.8) is 0 Å². The molecule has 0 saturated heterocycles. The molecule has 0 saturated carbocycles. The van der Waals surface area contributed by atoms with Crippen LogP contribution in [0.25, 0.3) is 11.3 Å². The Bertz CT molecular complexity index is 613. The van der Waals surface area contributed by atoms with Gasteiger partial charge in [0.1, 0.15) is 5.69 Å². The number of nitrogens with zero attached hydrogens (tertiary/aromatic N) is 3. The number of carbonyl (C=O) groups excluding carboxylic acids is 1. The van der Waals surface area contributed by atoms with Crippen molar-refractivity contribution in [2.75, 3.05) is 6.61 Å². The van der Waals surface area contributed by atoms with Gasteiger partial charge in [0, 0.05) is 5.56 Å². The summed E-state index contributed by atoms with van der Waals surface area (Å²) in [6, 6.07) is 8.81. The van der Waals surface area contributed by atoms with Crippen LogP contribution in [-0.2, 0) is 4.74 Å². The first-order valence-electron chi connectivity index (χ1n) is 5.34. The maximum absolute atomic E-state index is 11.6. The second-order valence-corrected chi connectivity index (χ2v) is 3.43. The van der Waals surface area contributed by atoms with E-state index < -0.39 is 5.97 Å². The summed E-state index contributed by atoms with van der Waals surface area (Å²) in [7, 11) is 0. The summed E-state index contributed by atoms with van der Waals surface area (Å²) in [6.07, 6.45) is 0. The lowest BCUT2D eigenvalue weighted by atomic mass is 10.1. The van der Waals surface area contributed by atoms with Crippen LogP contribution >= 0.6 is 0 Å². The topological polar surface area (TPSA) is 91.7 Å². The van der Waals surface area contributed by atoms with Gasteiger partial charge >= 0.3 is 5.97 Å². The quantitative estimate of drug-likeness (QED) is 0.824. The highest BCUT2D eigenvalue weighted by molar-refractivity contribution is 5.93. The maximum atomic E-state index is 11.6. The molecule has 18 heavy (non-hydrogen) atoms. The molecule has 1 aromatic carbocycles. The molecule has 0 radical (unpaired) electrons. The van der Waals surface area contributed by atoms with E-state index in [9.17, 15) is 4.79 Å². The average molecular weight is 242 g/mol. The summed E-state index contributed by atoms with van der Waals surface area (Å²) in [5.74, 6) is -0.538. The number of benzene rings is 1. The minimum atomic E-state index is -0.538. The zero-order valence-electron chi connectivity index (χ0n) is 9.67. The molecule has 90 valence electrons. The minimum Gasteiger partial charge on any atom is -0.461 e. The van der Waals surface area contributed by atoms with E-state index >= 15 is 0 Å². The van der Waals surface area contributed by atoms with Gasteiger partial charge in [0.05, 0.1) is 18.2 Å². The first kappa shape index (κ1) is 11.8. The highest BCUT2D eigenvalue weighted by Gasteiger charge is 2.18. The van der Waals surface area contributed by atoms with E-state index in [1.165, 1.54) is 0 Å². The maximum Gasteiger partial charge on any atom is 0.361 e. The van der Waals surface area contributed by atoms with Crippen LogP contribution in [0.4, 0.5) is 0 Å². The standard InChI is InChI=1S/C12H10N4O2/c1-2-18-12(17)11-10(14-16-15-11)9-5-3-4-8(6-9)7-13/h3-6H,2H2,1H3,(H,14,15,16). The zero-order valence-corrected chi connectivity index (χ0v) is 9.67. The fourth-order valence-corrected chi connectivity index (χ4v) is 1.51. The van der Waals surface area contributed by atoms with Crippen molar-refractivity contribution in [3.8, 4) is 17.3 Å². The molecule has 6 nitrogen and oxygen atoms in total. The SMILES string of the molecule is CCOC(=O)c1n[nH]nc1-c1cccc(C#N)c1. The van der Waals surface area contributed by atoms with Gasteiger partial charge in [0.25, 0.3) is 0 Å². The normalized spacial score (nSPS) is 9.78.